The first-order valence-electron chi connectivity index (χ1n) is 10.4. The van der Waals surface area contributed by atoms with Gasteiger partial charge >= 0.3 is 18.1 Å². The first-order chi connectivity index (χ1) is 16.3. The molecular weight excluding hydrogens is 479 g/mol. The van der Waals surface area contributed by atoms with Crippen LogP contribution in [0.15, 0.2) is 30.6 Å². The minimum absolute atomic E-state index is 0. The summed E-state index contributed by atoms with van der Waals surface area (Å²) in [6.45, 7) is 4.85. The van der Waals surface area contributed by atoms with Crippen LogP contribution in [0, 0.1) is 10.8 Å². The summed E-state index contributed by atoms with van der Waals surface area (Å²) in [5, 5.41) is 11.2. The molecule has 0 amide bonds. The quantitative estimate of drug-likeness (QED) is 0.361. The van der Waals surface area contributed by atoms with Gasteiger partial charge in [-0.3, -0.25) is 14.8 Å². The highest BCUT2D eigenvalue weighted by Gasteiger charge is 2.31. The molecule has 2 N–H and O–H groups in total. The summed E-state index contributed by atoms with van der Waals surface area (Å²) in [4.78, 5) is 33.1. The molecule has 194 valence electrons. The Morgan fingerprint density at radius 1 is 1.17 bits per heavy atom. The second kappa shape index (κ2) is 10.3. The first kappa shape index (κ1) is 28.3. The van der Waals surface area contributed by atoms with Gasteiger partial charge in [-0.15, -0.1) is 0 Å². The highest BCUT2D eigenvalue weighted by molar-refractivity contribution is 6.14. The van der Waals surface area contributed by atoms with Crippen molar-refractivity contribution < 1.29 is 32.2 Å². The number of ether oxygens (including phenoxy) is 2. The number of rotatable bonds is 6. The number of hydrogen-bond donors (Lipinski definition) is 2. The molecule has 0 saturated carbocycles. The van der Waals surface area contributed by atoms with E-state index < -0.39 is 29.1 Å². The molecule has 2 heterocycles. The SMILES string of the molecule is C.CNc1cc(C(F)(F)F)ccc1C(=N)c1cnc2c(n1)c(C(=O)OC)cn2COC(=O)C(C)(C)C. The average molecular weight is 508 g/mol. The van der Waals surface area contributed by atoms with Crippen LogP contribution in [0.5, 0.6) is 0 Å². The van der Waals surface area contributed by atoms with Crippen molar-refractivity contribution in [2.45, 2.75) is 41.1 Å². The molecule has 0 atom stereocenters. The normalized spacial score (nSPS) is 11.6. The van der Waals surface area contributed by atoms with Gasteiger partial charge in [0.05, 0.1) is 30.0 Å². The lowest BCUT2D eigenvalue weighted by Crippen LogP contribution is -2.24. The van der Waals surface area contributed by atoms with Crippen LogP contribution in [0.2, 0.25) is 0 Å². The fraction of sp³-hybridized carbons (Fsp3) is 0.375. The zero-order valence-electron chi connectivity index (χ0n) is 19.7. The lowest BCUT2D eigenvalue weighted by molar-refractivity contribution is -0.156. The Labute approximate surface area is 206 Å². The van der Waals surface area contributed by atoms with E-state index in [0.717, 1.165) is 12.1 Å². The number of anilines is 1. The predicted molar refractivity (Wildman–Crippen MR) is 128 cm³/mol. The lowest BCUT2D eigenvalue weighted by Gasteiger charge is -2.17. The maximum atomic E-state index is 13.1. The molecule has 3 rings (SSSR count). The van der Waals surface area contributed by atoms with Crippen molar-refractivity contribution in [2.24, 2.45) is 5.41 Å². The molecular formula is C24H28F3N5O4. The Kier molecular flexibility index (Phi) is 8.12. The highest BCUT2D eigenvalue weighted by Crippen LogP contribution is 2.33. The third-order valence-electron chi connectivity index (χ3n) is 5.06. The van der Waals surface area contributed by atoms with Gasteiger partial charge in [-0.25, -0.2) is 14.8 Å². The van der Waals surface area contributed by atoms with Gasteiger partial charge in [-0.1, -0.05) is 13.5 Å². The standard InChI is InChI=1S/C23H24F3N5O4.CH4/c1-22(2,3)21(33)35-11-31-10-14(20(32)34-5)18-19(31)29-9-16(30-18)17(27)13-7-6-12(23(24,25)26)8-15(13)28-4;/h6-10,27-28H,11H2,1-5H3;1H4. The molecule has 0 aliphatic rings. The summed E-state index contributed by atoms with van der Waals surface area (Å²) >= 11 is 0. The Bertz CT molecular complexity index is 1310. The monoisotopic (exact) mass is 507 g/mol. The summed E-state index contributed by atoms with van der Waals surface area (Å²) < 4.78 is 50.8. The van der Waals surface area contributed by atoms with Crippen LogP contribution in [0.4, 0.5) is 18.9 Å². The summed E-state index contributed by atoms with van der Waals surface area (Å²) in [6.07, 6.45) is -1.91. The van der Waals surface area contributed by atoms with Crippen molar-refractivity contribution in [3.8, 4) is 0 Å². The van der Waals surface area contributed by atoms with E-state index in [1.165, 1.54) is 37.2 Å². The summed E-state index contributed by atoms with van der Waals surface area (Å²) in [7, 11) is 2.63. The number of nitrogens with zero attached hydrogens (tertiary/aromatic N) is 3. The zero-order valence-corrected chi connectivity index (χ0v) is 19.7. The van der Waals surface area contributed by atoms with Gasteiger partial charge in [0.1, 0.15) is 16.8 Å². The Morgan fingerprint density at radius 2 is 1.83 bits per heavy atom. The van der Waals surface area contributed by atoms with E-state index in [1.807, 2.05) is 0 Å². The number of carbonyl (C=O) groups is 2. The van der Waals surface area contributed by atoms with Crippen molar-refractivity contribution in [1.29, 1.82) is 5.41 Å². The number of esters is 2. The number of halogens is 3. The lowest BCUT2D eigenvalue weighted by atomic mass is 9.98. The van der Waals surface area contributed by atoms with Gasteiger partial charge < -0.3 is 14.8 Å². The molecule has 0 fully saturated rings. The minimum Gasteiger partial charge on any atom is -0.465 e. The largest absolute Gasteiger partial charge is 0.465 e. The molecule has 2 aromatic heterocycles. The smallest absolute Gasteiger partial charge is 0.416 e. The first-order valence-corrected chi connectivity index (χ1v) is 10.4. The molecule has 36 heavy (non-hydrogen) atoms. The van der Waals surface area contributed by atoms with E-state index >= 15 is 0 Å². The zero-order chi connectivity index (χ0) is 26.1. The van der Waals surface area contributed by atoms with Crippen molar-refractivity contribution in [1.82, 2.24) is 14.5 Å². The minimum atomic E-state index is -4.54. The van der Waals surface area contributed by atoms with Gasteiger partial charge in [0, 0.05) is 24.5 Å². The molecule has 3 aromatic rings. The topological polar surface area (TPSA) is 119 Å². The second-order valence-corrected chi connectivity index (χ2v) is 8.63. The summed E-state index contributed by atoms with van der Waals surface area (Å²) in [5.74, 6) is -1.19. The van der Waals surface area contributed by atoms with Gasteiger partial charge in [0.15, 0.2) is 12.4 Å². The van der Waals surface area contributed by atoms with Crippen LogP contribution in [0.25, 0.3) is 11.2 Å². The third kappa shape index (κ3) is 5.64. The van der Waals surface area contributed by atoms with Crippen molar-refractivity contribution >= 4 is 34.5 Å². The fourth-order valence-electron chi connectivity index (χ4n) is 3.16. The number of benzene rings is 1. The van der Waals surface area contributed by atoms with Crippen molar-refractivity contribution in [2.75, 3.05) is 19.5 Å². The Hall–Kier alpha value is -3.96. The van der Waals surface area contributed by atoms with Gasteiger partial charge in [0.25, 0.3) is 0 Å². The van der Waals surface area contributed by atoms with Gasteiger partial charge in [-0.05, 0) is 32.9 Å². The second-order valence-electron chi connectivity index (χ2n) is 8.63. The van der Waals surface area contributed by atoms with Crippen molar-refractivity contribution in [3.05, 3.63) is 53.0 Å². The van der Waals surface area contributed by atoms with E-state index in [0.29, 0.717) is 0 Å². The van der Waals surface area contributed by atoms with E-state index in [1.54, 1.807) is 20.8 Å². The number of carbonyl (C=O) groups excluding carboxylic acids is 2. The maximum absolute atomic E-state index is 13.1. The average Bonchev–Trinajstić information content (AvgIpc) is 3.17. The maximum Gasteiger partial charge on any atom is 0.416 e. The molecule has 0 bridgehead atoms. The molecule has 12 heteroatoms. The van der Waals surface area contributed by atoms with E-state index in [-0.39, 0.29) is 53.5 Å². The molecule has 1 aromatic carbocycles. The number of aromatic nitrogens is 3. The summed E-state index contributed by atoms with van der Waals surface area (Å²) in [6, 6.07) is 2.94. The number of nitrogens with one attached hydrogen (secondary N) is 2. The molecule has 0 radical (unpaired) electrons. The van der Waals surface area contributed by atoms with Crippen LogP contribution < -0.4 is 5.32 Å². The summed E-state index contributed by atoms with van der Waals surface area (Å²) in [5.41, 5.74) is -1.25. The van der Waals surface area contributed by atoms with Gasteiger partial charge in [-0.2, -0.15) is 13.2 Å². The number of hydrogen-bond acceptors (Lipinski definition) is 8. The number of fused-ring (bicyclic) bond motifs is 1. The van der Waals surface area contributed by atoms with E-state index in [9.17, 15) is 22.8 Å². The van der Waals surface area contributed by atoms with E-state index in [4.69, 9.17) is 14.9 Å². The molecule has 0 spiro atoms. The molecule has 9 nitrogen and oxygen atoms in total. The number of alkyl halides is 3. The molecule has 0 aliphatic heterocycles. The number of methoxy groups -OCH3 is 1. The van der Waals surface area contributed by atoms with Crippen LogP contribution in [-0.2, 0) is 27.2 Å². The molecule has 0 unspecified atom stereocenters. The Morgan fingerprint density at radius 3 is 2.39 bits per heavy atom. The van der Waals surface area contributed by atoms with Crippen LogP contribution >= 0.6 is 0 Å². The van der Waals surface area contributed by atoms with Gasteiger partial charge in [0.2, 0.25) is 0 Å². The van der Waals surface area contributed by atoms with Crippen LogP contribution in [-0.4, -0.2) is 46.3 Å². The van der Waals surface area contributed by atoms with E-state index in [2.05, 4.69) is 15.3 Å². The van der Waals surface area contributed by atoms with Crippen LogP contribution in [0.3, 0.4) is 0 Å². The fourth-order valence-corrected chi connectivity index (χ4v) is 3.16. The highest BCUT2D eigenvalue weighted by atomic mass is 19.4. The van der Waals surface area contributed by atoms with Crippen LogP contribution in [0.1, 0.15) is 55.4 Å². The molecule has 0 saturated heterocycles. The molecule has 0 aliphatic carbocycles. The predicted octanol–water partition coefficient (Wildman–Crippen LogP) is 4.88. The Balaban J connectivity index is 0.00000456. The van der Waals surface area contributed by atoms with Crippen molar-refractivity contribution in [3.63, 3.8) is 0 Å². The third-order valence-corrected chi connectivity index (χ3v) is 5.06.